The second-order valence-electron chi connectivity index (χ2n) is 9.42. The lowest BCUT2D eigenvalue weighted by atomic mass is 9.91. The smallest absolute Gasteiger partial charge is 0.306 e. The van der Waals surface area contributed by atoms with Crippen molar-refractivity contribution in [2.75, 3.05) is 13.7 Å². The summed E-state index contributed by atoms with van der Waals surface area (Å²) < 4.78 is 31.2. The molecule has 0 bridgehead atoms. The van der Waals surface area contributed by atoms with Crippen molar-refractivity contribution in [2.24, 2.45) is 5.92 Å². The van der Waals surface area contributed by atoms with Crippen molar-refractivity contribution in [1.29, 1.82) is 0 Å². The molecule has 0 saturated heterocycles. The summed E-state index contributed by atoms with van der Waals surface area (Å²) in [6.07, 6.45) is 6.89. The van der Waals surface area contributed by atoms with Gasteiger partial charge >= 0.3 is 5.97 Å². The summed E-state index contributed by atoms with van der Waals surface area (Å²) in [6, 6.07) is 12.6. The number of halogens is 1. The largest absolute Gasteiger partial charge is 0.497 e. The molecule has 6 nitrogen and oxygen atoms in total. The van der Waals surface area contributed by atoms with Crippen LogP contribution in [0.15, 0.2) is 48.7 Å². The number of benzene rings is 2. The first kappa shape index (κ1) is 26.6. The average molecular weight is 507 g/mol. The minimum atomic E-state index is -0.360. The number of rotatable bonds is 13. The van der Waals surface area contributed by atoms with Crippen LogP contribution in [0.4, 0.5) is 4.39 Å². The van der Waals surface area contributed by atoms with Crippen molar-refractivity contribution in [3.05, 3.63) is 71.4 Å². The fraction of sp³-hybridized carbons (Fsp3) is 0.433. The van der Waals surface area contributed by atoms with Gasteiger partial charge in [0.05, 0.1) is 43.4 Å². The predicted octanol–water partition coefficient (Wildman–Crippen LogP) is 6.66. The first-order valence-electron chi connectivity index (χ1n) is 13.1. The van der Waals surface area contributed by atoms with E-state index in [1.54, 1.807) is 25.4 Å². The maximum atomic E-state index is 14.7. The van der Waals surface area contributed by atoms with Gasteiger partial charge in [-0.3, -0.25) is 14.8 Å². The first-order chi connectivity index (χ1) is 18.0. The van der Waals surface area contributed by atoms with E-state index in [1.807, 2.05) is 25.1 Å². The number of hydrogen-bond donors (Lipinski definition) is 0. The van der Waals surface area contributed by atoms with Crippen LogP contribution < -0.4 is 9.47 Å². The summed E-state index contributed by atoms with van der Waals surface area (Å²) in [5.41, 5.74) is 3.42. The Morgan fingerprint density at radius 3 is 2.70 bits per heavy atom. The number of aromatic nitrogens is 2. The van der Waals surface area contributed by atoms with Gasteiger partial charge in [0.15, 0.2) is 0 Å². The SMILES string of the molecule is CCCCc1nc(COc2cccc(C(CC(=O)OCC)C3CC3)c2)cnc1-c1cc(OC)ccc1F. The molecule has 196 valence electrons. The normalized spacial score (nSPS) is 13.7. The highest BCUT2D eigenvalue weighted by molar-refractivity contribution is 5.70. The van der Waals surface area contributed by atoms with Crippen LogP contribution >= 0.6 is 0 Å². The Morgan fingerprint density at radius 1 is 1.14 bits per heavy atom. The highest BCUT2D eigenvalue weighted by Crippen LogP contribution is 2.45. The molecule has 0 N–H and O–H groups in total. The highest BCUT2D eigenvalue weighted by Gasteiger charge is 2.34. The van der Waals surface area contributed by atoms with Gasteiger partial charge in [-0.15, -0.1) is 0 Å². The zero-order chi connectivity index (χ0) is 26.2. The van der Waals surface area contributed by atoms with Crippen LogP contribution in [0.2, 0.25) is 0 Å². The summed E-state index contributed by atoms with van der Waals surface area (Å²) >= 11 is 0. The zero-order valence-corrected chi connectivity index (χ0v) is 21.8. The number of carbonyl (C=O) groups excluding carboxylic acids is 1. The summed E-state index contributed by atoms with van der Waals surface area (Å²) in [5, 5.41) is 0. The molecule has 7 heteroatoms. The summed E-state index contributed by atoms with van der Waals surface area (Å²) in [5.74, 6) is 1.41. The number of methoxy groups -OCH3 is 1. The molecule has 0 spiro atoms. The molecule has 0 amide bonds. The van der Waals surface area contributed by atoms with Crippen LogP contribution in [0.5, 0.6) is 11.5 Å². The van der Waals surface area contributed by atoms with E-state index in [-0.39, 0.29) is 24.3 Å². The molecule has 4 rings (SSSR count). The van der Waals surface area contributed by atoms with Crippen LogP contribution in [-0.2, 0) is 22.6 Å². The Kier molecular flexibility index (Phi) is 9.09. The third-order valence-corrected chi connectivity index (χ3v) is 6.65. The summed E-state index contributed by atoms with van der Waals surface area (Å²) in [6.45, 7) is 4.57. The second kappa shape index (κ2) is 12.7. The molecule has 1 aliphatic carbocycles. The van der Waals surface area contributed by atoms with E-state index in [9.17, 15) is 9.18 Å². The van der Waals surface area contributed by atoms with Gasteiger partial charge in [0.25, 0.3) is 0 Å². The van der Waals surface area contributed by atoms with Crippen molar-refractivity contribution < 1.29 is 23.4 Å². The fourth-order valence-corrected chi connectivity index (χ4v) is 4.54. The Morgan fingerprint density at radius 2 is 1.97 bits per heavy atom. The van der Waals surface area contributed by atoms with Crippen molar-refractivity contribution in [3.8, 4) is 22.8 Å². The lowest BCUT2D eigenvalue weighted by Crippen LogP contribution is -2.12. The minimum Gasteiger partial charge on any atom is -0.497 e. The third-order valence-electron chi connectivity index (χ3n) is 6.65. The molecular weight excluding hydrogens is 471 g/mol. The lowest BCUT2D eigenvalue weighted by Gasteiger charge is -2.17. The van der Waals surface area contributed by atoms with Crippen LogP contribution in [0, 0.1) is 11.7 Å². The van der Waals surface area contributed by atoms with Crippen molar-refractivity contribution in [2.45, 2.75) is 64.9 Å². The van der Waals surface area contributed by atoms with E-state index in [2.05, 4.69) is 18.0 Å². The molecule has 0 aliphatic heterocycles. The Labute approximate surface area is 218 Å². The van der Waals surface area contributed by atoms with Crippen LogP contribution in [0.3, 0.4) is 0 Å². The molecule has 1 aromatic heterocycles. The second-order valence-corrected chi connectivity index (χ2v) is 9.42. The lowest BCUT2D eigenvalue weighted by molar-refractivity contribution is -0.143. The van der Waals surface area contributed by atoms with E-state index in [0.717, 1.165) is 36.9 Å². The number of aryl methyl sites for hydroxylation is 1. The molecule has 3 aromatic rings. The van der Waals surface area contributed by atoms with Gasteiger partial charge in [0.2, 0.25) is 0 Å². The quantitative estimate of drug-likeness (QED) is 0.242. The minimum absolute atomic E-state index is 0.139. The van der Waals surface area contributed by atoms with Crippen molar-refractivity contribution in [3.63, 3.8) is 0 Å². The monoisotopic (exact) mass is 506 g/mol. The molecule has 37 heavy (non-hydrogen) atoms. The maximum absolute atomic E-state index is 14.7. The molecule has 1 saturated carbocycles. The highest BCUT2D eigenvalue weighted by atomic mass is 19.1. The fourth-order valence-electron chi connectivity index (χ4n) is 4.54. The number of unbranched alkanes of at least 4 members (excludes halogenated alkanes) is 1. The van der Waals surface area contributed by atoms with Crippen LogP contribution in [-0.4, -0.2) is 29.7 Å². The topological polar surface area (TPSA) is 70.5 Å². The number of hydrogen-bond acceptors (Lipinski definition) is 6. The predicted molar refractivity (Wildman–Crippen MR) is 140 cm³/mol. The molecule has 1 heterocycles. The van der Waals surface area contributed by atoms with E-state index in [1.165, 1.54) is 6.07 Å². The van der Waals surface area contributed by atoms with Crippen molar-refractivity contribution in [1.82, 2.24) is 9.97 Å². The van der Waals surface area contributed by atoms with Gasteiger partial charge in [0, 0.05) is 5.56 Å². The number of esters is 1. The molecule has 1 aliphatic rings. The summed E-state index contributed by atoms with van der Waals surface area (Å²) in [4.78, 5) is 21.5. The number of ether oxygens (including phenoxy) is 3. The Balaban J connectivity index is 1.51. The average Bonchev–Trinajstić information content (AvgIpc) is 3.76. The van der Waals surface area contributed by atoms with E-state index in [4.69, 9.17) is 19.2 Å². The maximum Gasteiger partial charge on any atom is 0.306 e. The Hall–Kier alpha value is -3.48. The van der Waals surface area contributed by atoms with Gasteiger partial charge in [-0.2, -0.15) is 0 Å². The van der Waals surface area contributed by atoms with Gasteiger partial charge in [-0.25, -0.2) is 4.39 Å². The third kappa shape index (κ3) is 7.06. The van der Waals surface area contributed by atoms with E-state index < -0.39 is 0 Å². The molecule has 1 atom stereocenters. The van der Waals surface area contributed by atoms with Crippen molar-refractivity contribution >= 4 is 5.97 Å². The first-order valence-corrected chi connectivity index (χ1v) is 13.1. The number of nitrogens with zero attached hydrogens (tertiary/aromatic N) is 2. The number of carbonyl (C=O) groups is 1. The standard InChI is InChI=1S/C30H35FN2O4/c1-4-6-10-28-30(26-16-23(35-3)13-14-27(26)31)32-18-22(33-28)19-37-24-9-7-8-21(15-24)25(20-11-12-20)17-29(34)36-5-2/h7-9,13-16,18,20,25H,4-6,10-12,17,19H2,1-3H3. The van der Waals surface area contributed by atoms with Crippen LogP contribution in [0.25, 0.3) is 11.3 Å². The van der Waals surface area contributed by atoms with E-state index in [0.29, 0.717) is 53.8 Å². The van der Waals surface area contributed by atoms with Crippen LogP contribution in [0.1, 0.15) is 68.8 Å². The summed E-state index contributed by atoms with van der Waals surface area (Å²) in [7, 11) is 1.56. The van der Waals surface area contributed by atoms with Gasteiger partial charge in [-0.1, -0.05) is 25.5 Å². The molecular formula is C30H35FN2O4. The molecule has 2 aromatic carbocycles. The molecule has 0 radical (unpaired) electrons. The Bertz CT molecular complexity index is 1210. The van der Waals surface area contributed by atoms with E-state index >= 15 is 0 Å². The zero-order valence-electron chi connectivity index (χ0n) is 21.8. The van der Waals surface area contributed by atoms with Gasteiger partial charge in [-0.05, 0) is 80.3 Å². The molecule has 1 unspecified atom stereocenters. The molecule has 1 fully saturated rings. The van der Waals surface area contributed by atoms with Gasteiger partial charge < -0.3 is 14.2 Å². The van der Waals surface area contributed by atoms with Gasteiger partial charge in [0.1, 0.15) is 23.9 Å².